The molecule has 1 aliphatic carbocycles. The summed E-state index contributed by atoms with van der Waals surface area (Å²) >= 11 is 0. The first-order valence-corrected chi connectivity index (χ1v) is 10.5. The molecule has 4 N–H and O–H groups in total. The van der Waals surface area contributed by atoms with Gasteiger partial charge in [-0.1, -0.05) is 0 Å². The Kier molecular flexibility index (Phi) is 4.96. The molecule has 0 aromatic carbocycles. The Morgan fingerprint density at radius 2 is 2.15 bits per heavy atom. The maximum absolute atomic E-state index is 12.6. The number of nitrogens with two attached hydrogens (primary N) is 2. The Morgan fingerprint density at radius 3 is 2.85 bits per heavy atom. The van der Waals surface area contributed by atoms with Crippen molar-refractivity contribution in [3.8, 4) is 11.4 Å². The van der Waals surface area contributed by atoms with Gasteiger partial charge in [-0.15, -0.1) is 0 Å². The second-order valence-electron chi connectivity index (χ2n) is 7.05. The molecule has 9 heteroatoms. The standard InChI is InChI=1S/C18H24N6O2S/c1-11-9-26-7-6-24(11)18-14(10-27(25)13-2-3-13)16(20)22-17(23-18)12-4-5-21-15(19)8-12/h4-5,8,11,13H,2-3,6-7,9-10H2,1H3,(H2,19,21)(H2,20,22,23)/t11-,27?/m1/s1. The number of nitrogens with zero attached hydrogens (tertiary/aromatic N) is 4. The van der Waals surface area contributed by atoms with Crippen LogP contribution in [0, 0.1) is 0 Å². The summed E-state index contributed by atoms with van der Waals surface area (Å²) in [5.41, 5.74) is 13.7. The van der Waals surface area contributed by atoms with E-state index in [-0.39, 0.29) is 11.3 Å². The van der Waals surface area contributed by atoms with E-state index in [1.54, 1.807) is 18.3 Å². The number of pyridine rings is 1. The molecule has 2 aliphatic rings. The van der Waals surface area contributed by atoms with Gasteiger partial charge < -0.3 is 21.1 Å². The molecule has 0 amide bonds. The Bertz CT molecular complexity index is 873. The van der Waals surface area contributed by atoms with E-state index in [1.807, 2.05) is 0 Å². The minimum atomic E-state index is -0.951. The monoisotopic (exact) mass is 388 g/mol. The summed E-state index contributed by atoms with van der Waals surface area (Å²) in [6, 6.07) is 3.68. The fraction of sp³-hybridized carbons (Fsp3) is 0.500. The van der Waals surface area contributed by atoms with Crippen LogP contribution < -0.4 is 16.4 Å². The Hall–Kier alpha value is -2.26. The zero-order valence-corrected chi connectivity index (χ0v) is 16.1. The molecule has 0 radical (unpaired) electrons. The van der Waals surface area contributed by atoms with Gasteiger partial charge in [0.25, 0.3) is 0 Å². The fourth-order valence-corrected chi connectivity index (χ4v) is 4.67. The highest BCUT2D eigenvalue weighted by Crippen LogP contribution is 2.34. The Labute approximate surface area is 160 Å². The average molecular weight is 388 g/mol. The van der Waals surface area contributed by atoms with Gasteiger partial charge >= 0.3 is 0 Å². The number of rotatable bonds is 5. The second kappa shape index (κ2) is 7.40. The summed E-state index contributed by atoms with van der Waals surface area (Å²) in [7, 11) is -0.951. The molecule has 0 spiro atoms. The maximum atomic E-state index is 12.6. The van der Waals surface area contributed by atoms with Crippen LogP contribution in [0.4, 0.5) is 17.5 Å². The Morgan fingerprint density at radius 1 is 1.33 bits per heavy atom. The van der Waals surface area contributed by atoms with Crippen molar-refractivity contribution in [1.29, 1.82) is 0 Å². The third kappa shape index (κ3) is 3.89. The second-order valence-corrected chi connectivity index (χ2v) is 8.76. The predicted molar refractivity (Wildman–Crippen MR) is 107 cm³/mol. The van der Waals surface area contributed by atoms with Crippen LogP contribution >= 0.6 is 0 Å². The van der Waals surface area contributed by atoms with E-state index >= 15 is 0 Å². The van der Waals surface area contributed by atoms with Crippen molar-refractivity contribution in [3.05, 3.63) is 23.9 Å². The number of ether oxygens (including phenoxy) is 1. The summed E-state index contributed by atoms with van der Waals surface area (Å²) in [5, 5.41) is 0.277. The average Bonchev–Trinajstić information content (AvgIpc) is 3.49. The zero-order valence-electron chi connectivity index (χ0n) is 15.3. The van der Waals surface area contributed by atoms with Gasteiger partial charge in [0.15, 0.2) is 5.82 Å². The van der Waals surface area contributed by atoms with Crippen LogP contribution in [0.2, 0.25) is 0 Å². The molecule has 1 saturated heterocycles. The first-order valence-electron chi connectivity index (χ1n) is 9.13. The van der Waals surface area contributed by atoms with Crippen molar-refractivity contribution in [2.24, 2.45) is 0 Å². The van der Waals surface area contributed by atoms with Crippen LogP contribution in [-0.4, -0.2) is 50.2 Å². The number of nitrogen functional groups attached to an aromatic ring is 2. The van der Waals surface area contributed by atoms with Gasteiger partial charge in [-0.05, 0) is 31.9 Å². The molecule has 4 rings (SSSR count). The van der Waals surface area contributed by atoms with Crippen LogP contribution in [0.15, 0.2) is 18.3 Å². The van der Waals surface area contributed by atoms with E-state index in [4.69, 9.17) is 21.2 Å². The minimum Gasteiger partial charge on any atom is -0.384 e. The lowest BCUT2D eigenvalue weighted by Crippen LogP contribution is -2.44. The third-order valence-electron chi connectivity index (χ3n) is 4.88. The smallest absolute Gasteiger partial charge is 0.164 e. The van der Waals surface area contributed by atoms with E-state index < -0.39 is 10.8 Å². The van der Waals surface area contributed by atoms with Gasteiger partial charge in [-0.3, -0.25) is 4.21 Å². The lowest BCUT2D eigenvalue weighted by Gasteiger charge is -2.35. The van der Waals surface area contributed by atoms with E-state index in [0.717, 1.165) is 29.8 Å². The van der Waals surface area contributed by atoms with Gasteiger partial charge in [0.2, 0.25) is 0 Å². The van der Waals surface area contributed by atoms with Gasteiger partial charge in [0.05, 0.1) is 25.0 Å². The molecule has 2 aromatic rings. The summed E-state index contributed by atoms with van der Waals surface area (Å²) in [4.78, 5) is 15.5. The number of hydrogen-bond acceptors (Lipinski definition) is 8. The first-order chi connectivity index (χ1) is 13.0. The summed E-state index contributed by atoms with van der Waals surface area (Å²) < 4.78 is 18.1. The van der Waals surface area contributed by atoms with Crippen molar-refractivity contribution in [1.82, 2.24) is 15.0 Å². The lowest BCUT2D eigenvalue weighted by atomic mass is 10.2. The van der Waals surface area contributed by atoms with Crippen molar-refractivity contribution in [2.45, 2.75) is 36.8 Å². The molecular formula is C18H24N6O2S. The normalized spacial score (nSPS) is 21.2. The maximum Gasteiger partial charge on any atom is 0.164 e. The molecule has 2 atom stereocenters. The summed E-state index contributed by atoms with van der Waals surface area (Å²) in [6.07, 6.45) is 3.66. The molecule has 1 aliphatic heterocycles. The topological polar surface area (TPSA) is 120 Å². The number of aromatic nitrogens is 3. The third-order valence-corrected chi connectivity index (χ3v) is 6.67. The summed E-state index contributed by atoms with van der Waals surface area (Å²) in [6.45, 7) is 4.03. The number of hydrogen-bond donors (Lipinski definition) is 2. The molecule has 1 saturated carbocycles. The van der Waals surface area contributed by atoms with Crippen molar-refractivity contribution in [2.75, 3.05) is 36.1 Å². The molecule has 1 unspecified atom stereocenters. The molecule has 144 valence electrons. The molecule has 8 nitrogen and oxygen atoms in total. The fourth-order valence-electron chi connectivity index (χ4n) is 3.21. The highest BCUT2D eigenvalue weighted by atomic mass is 32.2. The lowest BCUT2D eigenvalue weighted by molar-refractivity contribution is 0.0985. The SMILES string of the molecule is C[C@@H]1COCCN1c1nc(-c2ccnc(N)c2)nc(N)c1CS(=O)C1CC1. The Balaban J connectivity index is 1.78. The van der Waals surface area contributed by atoms with Crippen molar-refractivity contribution < 1.29 is 8.95 Å². The number of morpholine rings is 1. The van der Waals surface area contributed by atoms with Gasteiger partial charge in [-0.2, -0.15) is 0 Å². The molecule has 2 fully saturated rings. The predicted octanol–water partition coefficient (Wildman–Crippen LogP) is 1.34. The van der Waals surface area contributed by atoms with E-state index in [0.29, 0.717) is 43.0 Å². The molecule has 2 aromatic heterocycles. The molecule has 3 heterocycles. The van der Waals surface area contributed by atoms with Crippen molar-refractivity contribution in [3.63, 3.8) is 0 Å². The highest BCUT2D eigenvalue weighted by Gasteiger charge is 2.32. The highest BCUT2D eigenvalue weighted by molar-refractivity contribution is 7.85. The van der Waals surface area contributed by atoms with Crippen LogP contribution in [0.3, 0.4) is 0 Å². The molecular weight excluding hydrogens is 364 g/mol. The number of anilines is 3. The van der Waals surface area contributed by atoms with E-state index in [2.05, 4.69) is 21.8 Å². The van der Waals surface area contributed by atoms with Gasteiger partial charge in [-0.25, -0.2) is 15.0 Å². The van der Waals surface area contributed by atoms with Crippen molar-refractivity contribution >= 4 is 28.3 Å². The molecule has 0 bridgehead atoms. The largest absolute Gasteiger partial charge is 0.384 e. The van der Waals surface area contributed by atoms with Crippen LogP contribution in [0.25, 0.3) is 11.4 Å². The first kappa shape index (κ1) is 18.1. The zero-order chi connectivity index (χ0) is 19.0. The summed E-state index contributed by atoms with van der Waals surface area (Å²) in [5.74, 6) is 2.40. The van der Waals surface area contributed by atoms with Crippen LogP contribution in [0.5, 0.6) is 0 Å². The quantitative estimate of drug-likeness (QED) is 0.787. The van der Waals surface area contributed by atoms with E-state index in [9.17, 15) is 4.21 Å². The van der Waals surface area contributed by atoms with Gasteiger partial charge in [0.1, 0.15) is 17.5 Å². The van der Waals surface area contributed by atoms with Crippen LogP contribution in [-0.2, 0) is 21.3 Å². The van der Waals surface area contributed by atoms with E-state index in [1.165, 1.54) is 0 Å². The minimum absolute atomic E-state index is 0.150. The van der Waals surface area contributed by atoms with Gasteiger partial charge in [0, 0.05) is 39.9 Å². The molecule has 27 heavy (non-hydrogen) atoms. The van der Waals surface area contributed by atoms with Crippen LogP contribution in [0.1, 0.15) is 25.3 Å².